The van der Waals surface area contributed by atoms with E-state index in [9.17, 15) is 4.79 Å². The van der Waals surface area contributed by atoms with Crippen molar-refractivity contribution in [2.75, 3.05) is 0 Å². The van der Waals surface area contributed by atoms with Crippen molar-refractivity contribution in [3.05, 3.63) is 50.1 Å². The molecule has 2 aromatic rings. The van der Waals surface area contributed by atoms with Crippen LogP contribution in [0.2, 0.25) is 0 Å². The molecule has 2 rings (SSSR count). The number of rotatable bonds is 12. The highest BCUT2D eigenvalue weighted by molar-refractivity contribution is 5.81. The van der Waals surface area contributed by atoms with E-state index in [0.717, 1.165) is 25.9 Å². The lowest BCUT2D eigenvalue weighted by molar-refractivity contribution is -0.736. The Labute approximate surface area is 180 Å². The predicted molar refractivity (Wildman–Crippen MR) is 99.1 cm³/mol. The molecule has 0 amide bonds. The summed E-state index contributed by atoms with van der Waals surface area (Å²) in [5.74, 6) is -0.382. The van der Waals surface area contributed by atoms with Crippen molar-refractivity contribution in [3.8, 4) is 0 Å². The Morgan fingerprint density at radius 2 is 1.46 bits per heavy atom. The third kappa shape index (κ3) is 8.93. The molecule has 8 heteroatoms. The fourth-order valence-electron chi connectivity index (χ4n) is 2.85. The zero-order valence-electron chi connectivity index (χ0n) is 16.8. The van der Waals surface area contributed by atoms with E-state index in [1.165, 1.54) is 18.9 Å². The minimum absolute atomic E-state index is 0. The first-order valence-corrected chi connectivity index (χ1v) is 9.57. The van der Waals surface area contributed by atoms with Gasteiger partial charge in [-0.3, -0.25) is 0 Å². The zero-order chi connectivity index (χ0) is 18.8. The van der Waals surface area contributed by atoms with Crippen LogP contribution in [0.15, 0.2) is 50.1 Å². The van der Waals surface area contributed by atoms with Gasteiger partial charge < -0.3 is 29.6 Å². The normalized spacial score (nSPS) is 10.2. The number of carbonyl (C=O) groups excluding carboxylic acids is 1. The minimum atomic E-state index is -0.382. The van der Waals surface area contributed by atoms with Gasteiger partial charge in [-0.2, -0.15) is 0 Å². The quantitative estimate of drug-likeness (QED) is 0.197. The van der Waals surface area contributed by atoms with E-state index in [4.69, 9.17) is 4.74 Å². The van der Waals surface area contributed by atoms with Crippen LogP contribution in [0.25, 0.3) is 0 Å². The molecule has 2 heterocycles. The van der Waals surface area contributed by atoms with Gasteiger partial charge in [0.15, 0.2) is 6.10 Å². The molecule has 0 atom stereocenters. The van der Waals surface area contributed by atoms with Crippen molar-refractivity contribution < 1.29 is 43.5 Å². The molecular weight excluding hydrogens is 399 g/mol. The molecule has 0 unspecified atom stereocenters. The van der Waals surface area contributed by atoms with Crippen molar-refractivity contribution >= 4 is 5.97 Å². The number of halogens is 2. The number of hydrogen-bond donors (Lipinski definition) is 0. The van der Waals surface area contributed by atoms with E-state index in [-0.39, 0.29) is 36.9 Å². The van der Waals surface area contributed by atoms with E-state index < -0.39 is 0 Å². The van der Waals surface area contributed by atoms with Crippen LogP contribution in [0.3, 0.4) is 0 Å². The summed E-state index contributed by atoms with van der Waals surface area (Å²) in [5.41, 5.74) is 0. The van der Waals surface area contributed by atoms with Crippen LogP contribution in [0.4, 0.5) is 0 Å². The monoisotopic (exact) mass is 430 g/mol. The summed E-state index contributed by atoms with van der Waals surface area (Å²) in [4.78, 5) is 11.7. The van der Waals surface area contributed by atoms with Crippen LogP contribution in [0.1, 0.15) is 39.5 Å². The fraction of sp³-hybridized carbons (Fsp3) is 0.550. The molecule has 0 radical (unpaired) electrons. The highest BCUT2D eigenvalue weighted by atomic mass is 35.5. The van der Waals surface area contributed by atoms with Crippen LogP contribution < -0.4 is 33.9 Å². The standard InChI is InChI=1S/C20H32N4O2.2ClH/c1-4-7-9-21-11-13-23(17-21)15-19(26-20(25)6-3)16-24-14-12-22(18-24)10-8-5-2;;/h6,11-14,17-19H,3-5,7-10,15-16H2,1-2H3;2*1H/q+2;;/p-2. The van der Waals surface area contributed by atoms with E-state index >= 15 is 0 Å². The number of aromatic nitrogens is 4. The Morgan fingerprint density at radius 3 is 1.86 bits per heavy atom. The molecule has 0 aromatic carbocycles. The zero-order valence-corrected chi connectivity index (χ0v) is 18.4. The van der Waals surface area contributed by atoms with Gasteiger partial charge in [0.2, 0.25) is 12.7 Å². The molecule has 0 aliphatic carbocycles. The molecule has 0 spiro atoms. The maximum atomic E-state index is 11.7. The Morgan fingerprint density at radius 1 is 1.00 bits per heavy atom. The second-order valence-corrected chi connectivity index (χ2v) is 6.67. The van der Waals surface area contributed by atoms with Crippen molar-refractivity contribution in [3.63, 3.8) is 0 Å². The Kier molecular flexibility index (Phi) is 13.3. The van der Waals surface area contributed by atoms with Gasteiger partial charge in [-0.15, -0.1) is 0 Å². The molecule has 28 heavy (non-hydrogen) atoms. The average Bonchev–Trinajstić information content (AvgIpc) is 3.27. The first-order valence-electron chi connectivity index (χ1n) is 9.57. The number of carbonyl (C=O) groups is 1. The lowest BCUT2D eigenvalue weighted by atomic mass is 10.3. The molecule has 0 fully saturated rings. The van der Waals surface area contributed by atoms with Gasteiger partial charge in [-0.1, -0.05) is 33.3 Å². The Balaban J connectivity index is 0.00000364. The summed E-state index contributed by atoms with van der Waals surface area (Å²) >= 11 is 0. The number of hydrogen-bond acceptors (Lipinski definition) is 2. The van der Waals surface area contributed by atoms with Gasteiger partial charge in [0.05, 0.1) is 13.1 Å². The van der Waals surface area contributed by atoms with Gasteiger partial charge >= 0.3 is 5.97 Å². The number of ether oxygens (including phenoxy) is 1. The predicted octanol–water partition coefficient (Wildman–Crippen LogP) is -3.73. The summed E-state index contributed by atoms with van der Waals surface area (Å²) in [7, 11) is 0. The first kappa shape index (κ1) is 26.2. The van der Waals surface area contributed by atoms with Gasteiger partial charge in [-0.05, 0) is 12.8 Å². The van der Waals surface area contributed by atoms with Crippen LogP contribution >= 0.6 is 0 Å². The topological polar surface area (TPSA) is 43.9 Å². The van der Waals surface area contributed by atoms with Crippen molar-refractivity contribution in [1.82, 2.24) is 9.13 Å². The highest BCUT2D eigenvalue weighted by Gasteiger charge is 2.20. The number of imidazole rings is 2. The molecule has 0 aliphatic rings. The molecule has 0 saturated carbocycles. The third-order valence-electron chi connectivity index (χ3n) is 4.31. The highest BCUT2D eigenvalue weighted by Crippen LogP contribution is 1.99. The summed E-state index contributed by atoms with van der Waals surface area (Å²) < 4.78 is 14.1. The number of aryl methyl sites for hydroxylation is 2. The van der Waals surface area contributed by atoms with Crippen LogP contribution in [0, 0.1) is 0 Å². The molecular formula is C20H32Cl2N4O2. The lowest BCUT2D eigenvalue weighted by Crippen LogP contribution is -3.00. The van der Waals surface area contributed by atoms with Crippen LogP contribution in [0.5, 0.6) is 0 Å². The Hall–Kier alpha value is -1.79. The van der Waals surface area contributed by atoms with E-state index in [0.29, 0.717) is 13.1 Å². The van der Waals surface area contributed by atoms with Crippen LogP contribution in [-0.4, -0.2) is 21.2 Å². The fourth-order valence-corrected chi connectivity index (χ4v) is 2.85. The molecule has 0 N–H and O–H groups in total. The third-order valence-corrected chi connectivity index (χ3v) is 4.31. The molecule has 0 aliphatic heterocycles. The van der Waals surface area contributed by atoms with Gasteiger partial charge in [0.25, 0.3) is 0 Å². The summed E-state index contributed by atoms with van der Waals surface area (Å²) in [5, 5.41) is 0. The maximum Gasteiger partial charge on any atom is 0.330 e. The minimum Gasteiger partial charge on any atom is -1.00 e. The van der Waals surface area contributed by atoms with Gasteiger partial charge in [0, 0.05) is 6.08 Å². The van der Waals surface area contributed by atoms with E-state index in [2.05, 4.69) is 63.7 Å². The molecule has 6 nitrogen and oxygen atoms in total. The second-order valence-electron chi connectivity index (χ2n) is 6.67. The average molecular weight is 431 g/mol. The smallest absolute Gasteiger partial charge is 0.330 e. The number of nitrogens with zero attached hydrogens (tertiary/aromatic N) is 4. The lowest BCUT2D eigenvalue weighted by Gasteiger charge is -2.13. The SMILES string of the molecule is C=CC(=O)OC(C[n+]1ccn(CCCC)c1)C[n+]1ccn(CCCC)c1.[Cl-].[Cl-]. The first-order chi connectivity index (χ1) is 12.6. The van der Waals surface area contributed by atoms with Gasteiger partial charge in [0.1, 0.15) is 37.9 Å². The summed E-state index contributed by atoms with van der Waals surface area (Å²) in [6.07, 6.45) is 18.0. The van der Waals surface area contributed by atoms with Crippen molar-refractivity contribution in [1.29, 1.82) is 0 Å². The van der Waals surface area contributed by atoms with Gasteiger partial charge in [-0.25, -0.2) is 23.1 Å². The Bertz CT molecular complexity index is 652. The second kappa shape index (κ2) is 14.2. The van der Waals surface area contributed by atoms with Crippen LogP contribution in [-0.2, 0) is 35.7 Å². The van der Waals surface area contributed by atoms with E-state index in [1.54, 1.807) is 0 Å². The number of unbranched alkanes of at least 4 members (excludes halogenated alkanes) is 2. The molecule has 158 valence electrons. The molecule has 2 aromatic heterocycles. The molecule has 0 saturated heterocycles. The maximum absolute atomic E-state index is 11.7. The largest absolute Gasteiger partial charge is 1.00 e. The van der Waals surface area contributed by atoms with Crippen molar-refractivity contribution in [2.45, 2.75) is 71.8 Å². The summed E-state index contributed by atoms with van der Waals surface area (Å²) in [6, 6.07) is 0. The number of esters is 1. The summed E-state index contributed by atoms with van der Waals surface area (Å²) in [6.45, 7) is 11.1. The van der Waals surface area contributed by atoms with E-state index in [1.807, 2.05) is 12.4 Å². The molecule has 0 bridgehead atoms. The van der Waals surface area contributed by atoms with Crippen molar-refractivity contribution in [2.24, 2.45) is 0 Å².